The quantitative estimate of drug-likeness (QED) is 0.235. The van der Waals surface area contributed by atoms with Gasteiger partial charge < -0.3 is 9.30 Å². The lowest BCUT2D eigenvalue weighted by Gasteiger charge is -2.25. The normalized spacial score (nSPS) is 11.5. The smallest absolute Gasteiger partial charge is 0.264 e. The van der Waals surface area contributed by atoms with Crippen molar-refractivity contribution in [2.24, 2.45) is 5.10 Å². The highest BCUT2D eigenvalue weighted by Gasteiger charge is 2.29. The summed E-state index contributed by atoms with van der Waals surface area (Å²) < 4.78 is 35.6. The minimum atomic E-state index is -4.07. The van der Waals surface area contributed by atoms with Gasteiger partial charge in [-0.25, -0.2) is 13.8 Å². The number of hydrazone groups is 1. The van der Waals surface area contributed by atoms with Crippen LogP contribution >= 0.6 is 0 Å². The molecule has 0 unspecified atom stereocenters. The number of ether oxygens (including phenoxy) is 1. The fourth-order valence-corrected chi connectivity index (χ4v) is 6.04. The van der Waals surface area contributed by atoms with Crippen LogP contribution in [0.4, 0.5) is 5.69 Å². The standard InChI is InChI=1S/C30H32N4O4S/c1-21-15-22(2)17-26(16-21)34-23(3)18-25(24(34)4)19-31-32-30(35)20-33(28-13-9-10-14-29(28)38-5)39(36,37)27-11-7-6-8-12-27/h6-19H,20H2,1-5H3,(H,32,35)/b31-19-. The maximum absolute atomic E-state index is 13.5. The lowest BCUT2D eigenvalue weighted by atomic mass is 10.1. The minimum absolute atomic E-state index is 0.0611. The van der Waals surface area contributed by atoms with Crippen molar-refractivity contribution in [2.75, 3.05) is 18.0 Å². The molecule has 1 N–H and O–H groups in total. The highest BCUT2D eigenvalue weighted by Crippen LogP contribution is 2.32. The van der Waals surface area contributed by atoms with Crippen LogP contribution in [0.2, 0.25) is 0 Å². The molecule has 0 bridgehead atoms. The topological polar surface area (TPSA) is 93.0 Å². The summed E-state index contributed by atoms with van der Waals surface area (Å²) in [5, 5.41) is 4.14. The van der Waals surface area contributed by atoms with Gasteiger partial charge in [0.1, 0.15) is 12.3 Å². The fourth-order valence-electron chi connectivity index (χ4n) is 4.59. The van der Waals surface area contributed by atoms with Crippen LogP contribution in [0.5, 0.6) is 5.75 Å². The largest absolute Gasteiger partial charge is 0.495 e. The molecular formula is C30H32N4O4S. The van der Waals surface area contributed by atoms with Crippen LogP contribution in [-0.4, -0.2) is 38.8 Å². The molecule has 1 aromatic heterocycles. The Morgan fingerprint density at radius 1 is 0.949 bits per heavy atom. The van der Waals surface area contributed by atoms with Crippen LogP contribution in [-0.2, 0) is 14.8 Å². The molecule has 0 saturated heterocycles. The van der Waals surface area contributed by atoms with Crippen molar-refractivity contribution in [1.82, 2.24) is 9.99 Å². The minimum Gasteiger partial charge on any atom is -0.495 e. The van der Waals surface area contributed by atoms with E-state index in [-0.39, 0.29) is 10.6 Å². The lowest BCUT2D eigenvalue weighted by Crippen LogP contribution is -2.39. The average molecular weight is 545 g/mol. The van der Waals surface area contributed by atoms with E-state index >= 15 is 0 Å². The van der Waals surface area contributed by atoms with Crippen molar-refractivity contribution in [1.29, 1.82) is 0 Å². The lowest BCUT2D eigenvalue weighted by molar-refractivity contribution is -0.119. The summed E-state index contributed by atoms with van der Waals surface area (Å²) >= 11 is 0. The molecule has 202 valence electrons. The van der Waals surface area contributed by atoms with Crippen molar-refractivity contribution in [2.45, 2.75) is 32.6 Å². The number of amides is 1. The van der Waals surface area contributed by atoms with E-state index in [0.717, 1.165) is 26.9 Å². The first-order valence-electron chi connectivity index (χ1n) is 12.4. The summed E-state index contributed by atoms with van der Waals surface area (Å²) in [5.74, 6) is -0.271. The molecule has 0 spiro atoms. The first kappa shape index (κ1) is 27.7. The van der Waals surface area contributed by atoms with Crippen molar-refractivity contribution in [3.63, 3.8) is 0 Å². The highest BCUT2D eigenvalue weighted by molar-refractivity contribution is 7.92. The van der Waals surface area contributed by atoms with Crippen LogP contribution in [0.25, 0.3) is 5.69 Å². The number of hydrogen-bond donors (Lipinski definition) is 1. The van der Waals surface area contributed by atoms with Gasteiger partial charge in [-0.15, -0.1) is 0 Å². The molecule has 39 heavy (non-hydrogen) atoms. The number of aromatic nitrogens is 1. The number of rotatable bonds is 9. The Hall–Kier alpha value is -4.37. The second-order valence-corrected chi connectivity index (χ2v) is 11.2. The third kappa shape index (κ3) is 6.04. The number of sulfonamides is 1. The molecule has 0 aliphatic rings. The van der Waals surface area contributed by atoms with Gasteiger partial charge in [-0.2, -0.15) is 5.10 Å². The molecule has 0 aliphatic carbocycles. The maximum atomic E-state index is 13.5. The summed E-state index contributed by atoms with van der Waals surface area (Å²) in [4.78, 5) is 13.0. The zero-order valence-corrected chi connectivity index (χ0v) is 23.5. The summed E-state index contributed by atoms with van der Waals surface area (Å²) in [6, 6.07) is 23.0. The number of nitrogens with zero attached hydrogens (tertiary/aromatic N) is 3. The molecule has 9 heteroatoms. The predicted molar refractivity (Wildman–Crippen MR) is 154 cm³/mol. The SMILES string of the molecule is COc1ccccc1N(CC(=O)N/N=C\c1cc(C)n(-c2cc(C)cc(C)c2)c1C)S(=O)(=O)c1ccccc1. The molecular weight excluding hydrogens is 512 g/mol. The van der Waals surface area contributed by atoms with Gasteiger partial charge >= 0.3 is 0 Å². The predicted octanol–water partition coefficient (Wildman–Crippen LogP) is 5.07. The van der Waals surface area contributed by atoms with E-state index in [0.29, 0.717) is 5.75 Å². The Balaban J connectivity index is 1.58. The van der Waals surface area contributed by atoms with E-state index < -0.39 is 22.5 Å². The molecule has 8 nitrogen and oxygen atoms in total. The Morgan fingerprint density at radius 2 is 1.59 bits per heavy atom. The number of para-hydroxylation sites is 2. The van der Waals surface area contributed by atoms with E-state index in [1.165, 1.54) is 30.4 Å². The third-order valence-corrected chi connectivity index (χ3v) is 8.07. The van der Waals surface area contributed by atoms with Gasteiger partial charge in [0.15, 0.2) is 0 Å². The molecule has 4 aromatic rings. The van der Waals surface area contributed by atoms with Crippen molar-refractivity contribution in [3.8, 4) is 11.4 Å². The summed E-state index contributed by atoms with van der Waals surface area (Å²) in [6.07, 6.45) is 1.57. The molecule has 0 atom stereocenters. The van der Waals surface area contributed by atoms with E-state index in [1.807, 2.05) is 19.9 Å². The van der Waals surface area contributed by atoms with Crippen LogP contribution in [0.3, 0.4) is 0 Å². The number of carbonyl (C=O) groups excluding carboxylic acids is 1. The third-order valence-electron chi connectivity index (χ3n) is 6.30. The molecule has 0 saturated carbocycles. The summed E-state index contributed by atoms with van der Waals surface area (Å²) in [5.41, 5.74) is 8.97. The Bertz CT molecular complexity index is 1610. The van der Waals surface area contributed by atoms with Gasteiger partial charge in [-0.1, -0.05) is 36.4 Å². The first-order valence-corrected chi connectivity index (χ1v) is 13.9. The van der Waals surface area contributed by atoms with Crippen LogP contribution in [0, 0.1) is 27.7 Å². The summed E-state index contributed by atoms with van der Waals surface area (Å²) in [7, 11) is -2.62. The van der Waals surface area contributed by atoms with Gasteiger partial charge in [0, 0.05) is 22.6 Å². The summed E-state index contributed by atoms with van der Waals surface area (Å²) in [6.45, 7) is 7.64. The maximum Gasteiger partial charge on any atom is 0.264 e. The monoisotopic (exact) mass is 544 g/mol. The van der Waals surface area contributed by atoms with E-state index in [2.05, 4.69) is 47.1 Å². The van der Waals surface area contributed by atoms with E-state index in [4.69, 9.17) is 4.74 Å². The zero-order valence-electron chi connectivity index (χ0n) is 22.7. The Morgan fingerprint density at radius 3 is 2.26 bits per heavy atom. The number of benzene rings is 3. The van der Waals surface area contributed by atoms with Crippen molar-refractivity contribution >= 4 is 27.8 Å². The number of hydrogen-bond acceptors (Lipinski definition) is 5. The van der Waals surface area contributed by atoms with Gasteiger partial charge in [0.2, 0.25) is 0 Å². The zero-order chi connectivity index (χ0) is 28.2. The molecule has 0 fully saturated rings. The molecule has 1 amide bonds. The van der Waals surface area contributed by atoms with Gasteiger partial charge in [0.25, 0.3) is 15.9 Å². The number of carbonyl (C=O) groups is 1. The van der Waals surface area contributed by atoms with Crippen molar-refractivity contribution < 1.29 is 17.9 Å². The molecule has 4 rings (SSSR count). The van der Waals surface area contributed by atoms with Crippen molar-refractivity contribution in [3.05, 3.63) is 107 Å². The molecule has 1 heterocycles. The number of methoxy groups -OCH3 is 1. The van der Waals surface area contributed by atoms with Gasteiger partial charge in [-0.3, -0.25) is 9.10 Å². The first-order chi connectivity index (χ1) is 18.6. The second-order valence-electron chi connectivity index (χ2n) is 9.30. The van der Waals surface area contributed by atoms with Gasteiger partial charge in [-0.05, 0) is 81.3 Å². The van der Waals surface area contributed by atoms with Crippen LogP contribution < -0.4 is 14.5 Å². The van der Waals surface area contributed by atoms with E-state index in [9.17, 15) is 13.2 Å². The highest BCUT2D eigenvalue weighted by atomic mass is 32.2. The Labute approximate surface area is 229 Å². The second kappa shape index (κ2) is 11.6. The molecule has 0 aliphatic heterocycles. The molecule has 0 radical (unpaired) electrons. The van der Waals surface area contributed by atoms with Crippen LogP contribution in [0.15, 0.2) is 88.9 Å². The number of aryl methyl sites for hydroxylation is 3. The van der Waals surface area contributed by atoms with Gasteiger partial charge in [0.05, 0.1) is 23.9 Å². The van der Waals surface area contributed by atoms with Crippen LogP contribution in [0.1, 0.15) is 28.1 Å². The number of anilines is 1. The average Bonchev–Trinajstić information content (AvgIpc) is 3.19. The Kier molecular flexibility index (Phi) is 8.21. The fraction of sp³-hybridized carbons (Fsp3) is 0.200. The van der Waals surface area contributed by atoms with E-state index in [1.54, 1.807) is 48.7 Å². The number of nitrogens with one attached hydrogen (secondary N) is 1. The molecule has 3 aromatic carbocycles.